The molecule has 1 aliphatic rings. The first-order valence-electron chi connectivity index (χ1n) is 9.78. The monoisotopic (exact) mass is 394 g/mol. The lowest BCUT2D eigenvalue weighted by atomic mass is 10.1. The van der Waals surface area contributed by atoms with Crippen molar-refractivity contribution in [3.05, 3.63) is 52.9 Å². The smallest absolute Gasteiger partial charge is 0.258 e. The molecular weight excluding hydrogens is 368 g/mol. The molecule has 3 heterocycles. The Morgan fingerprint density at radius 1 is 0.931 bits per heavy atom. The summed E-state index contributed by atoms with van der Waals surface area (Å²) in [6, 6.07) is 11.0. The van der Waals surface area contributed by atoms with Crippen molar-refractivity contribution in [2.45, 2.75) is 6.42 Å². The molecule has 7 nitrogen and oxygen atoms in total. The summed E-state index contributed by atoms with van der Waals surface area (Å²) in [6.45, 7) is 4.05. The van der Waals surface area contributed by atoms with Crippen molar-refractivity contribution < 1.29 is 9.47 Å². The average Bonchev–Trinajstić information content (AvgIpc) is 2.97. The van der Waals surface area contributed by atoms with Gasteiger partial charge in [-0.25, -0.2) is 4.98 Å². The second-order valence-electron chi connectivity index (χ2n) is 7.31. The van der Waals surface area contributed by atoms with Crippen molar-refractivity contribution in [3.63, 3.8) is 0 Å². The molecule has 0 amide bonds. The minimum atomic E-state index is -0.103. The van der Waals surface area contributed by atoms with Gasteiger partial charge in [-0.2, -0.15) is 0 Å². The fourth-order valence-corrected chi connectivity index (χ4v) is 3.73. The van der Waals surface area contributed by atoms with E-state index >= 15 is 0 Å². The van der Waals surface area contributed by atoms with Crippen LogP contribution in [0.15, 0.2) is 47.4 Å². The fraction of sp³-hybridized carbons (Fsp3) is 0.364. The molecular formula is C22H26N4O3. The summed E-state index contributed by atoms with van der Waals surface area (Å²) in [5, 5.41) is 0. The summed E-state index contributed by atoms with van der Waals surface area (Å²) >= 11 is 0. The largest absolute Gasteiger partial charge is 0.493 e. The number of hydrogen-bond donors (Lipinski definition) is 0. The van der Waals surface area contributed by atoms with Crippen LogP contribution in [0.3, 0.4) is 0 Å². The first kappa shape index (κ1) is 19.3. The fourth-order valence-electron chi connectivity index (χ4n) is 3.73. The van der Waals surface area contributed by atoms with Crippen LogP contribution >= 0.6 is 0 Å². The molecule has 0 aliphatic carbocycles. The van der Waals surface area contributed by atoms with Crippen LogP contribution in [0.2, 0.25) is 0 Å². The molecule has 0 N–H and O–H groups in total. The Balaban J connectivity index is 1.70. The predicted molar refractivity (Wildman–Crippen MR) is 114 cm³/mol. The van der Waals surface area contributed by atoms with Gasteiger partial charge in [0, 0.05) is 37.5 Å². The molecule has 7 heteroatoms. The van der Waals surface area contributed by atoms with E-state index in [9.17, 15) is 4.79 Å². The van der Waals surface area contributed by atoms with Gasteiger partial charge in [0.2, 0.25) is 0 Å². The van der Waals surface area contributed by atoms with Crippen molar-refractivity contribution in [2.24, 2.45) is 0 Å². The lowest BCUT2D eigenvalue weighted by Crippen LogP contribution is -2.29. The average molecular weight is 394 g/mol. The SMILES string of the molecule is COc1ccc(-c2cc(=O)n3cc(N4CCCN(C)CC4)ccc3n2)cc1OC. The van der Waals surface area contributed by atoms with E-state index < -0.39 is 0 Å². The molecule has 0 bridgehead atoms. The summed E-state index contributed by atoms with van der Waals surface area (Å²) < 4.78 is 12.3. The number of aromatic nitrogens is 2. The number of nitrogens with zero attached hydrogens (tertiary/aromatic N) is 4. The molecule has 1 fully saturated rings. The number of rotatable bonds is 4. The number of pyridine rings is 1. The van der Waals surface area contributed by atoms with Crippen LogP contribution in [0, 0.1) is 0 Å². The van der Waals surface area contributed by atoms with E-state index in [4.69, 9.17) is 14.5 Å². The number of ether oxygens (including phenoxy) is 2. The summed E-state index contributed by atoms with van der Waals surface area (Å²) in [7, 11) is 5.33. The number of methoxy groups -OCH3 is 2. The zero-order chi connectivity index (χ0) is 20.4. The van der Waals surface area contributed by atoms with Crippen molar-refractivity contribution in [3.8, 4) is 22.8 Å². The highest BCUT2D eigenvalue weighted by molar-refractivity contribution is 5.66. The van der Waals surface area contributed by atoms with Gasteiger partial charge in [0.15, 0.2) is 11.5 Å². The molecule has 1 aliphatic heterocycles. The molecule has 3 aromatic rings. The molecule has 29 heavy (non-hydrogen) atoms. The van der Waals surface area contributed by atoms with Crippen molar-refractivity contribution in [1.82, 2.24) is 14.3 Å². The number of fused-ring (bicyclic) bond motifs is 1. The quantitative estimate of drug-likeness (QED) is 0.678. The minimum Gasteiger partial charge on any atom is -0.493 e. The number of benzene rings is 1. The van der Waals surface area contributed by atoms with E-state index in [1.807, 2.05) is 36.5 Å². The van der Waals surface area contributed by atoms with Crippen LogP contribution in [-0.2, 0) is 0 Å². The Morgan fingerprint density at radius 3 is 2.55 bits per heavy atom. The van der Waals surface area contributed by atoms with E-state index in [1.165, 1.54) is 0 Å². The molecule has 0 spiro atoms. The minimum absolute atomic E-state index is 0.103. The first-order valence-corrected chi connectivity index (χ1v) is 9.78. The number of anilines is 1. The lowest BCUT2D eigenvalue weighted by molar-refractivity contribution is 0.355. The summed E-state index contributed by atoms with van der Waals surface area (Å²) in [6.07, 6.45) is 3.01. The molecule has 1 saturated heterocycles. The molecule has 0 radical (unpaired) electrons. The van der Waals surface area contributed by atoms with E-state index in [0.29, 0.717) is 22.8 Å². The van der Waals surface area contributed by atoms with Crippen LogP contribution in [0.1, 0.15) is 6.42 Å². The van der Waals surface area contributed by atoms with Crippen LogP contribution in [0.25, 0.3) is 16.9 Å². The second kappa shape index (κ2) is 8.13. The molecule has 0 atom stereocenters. The van der Waals surface area contributed by atoms with Crippen LogP contribution in [0.5, 0.6) is 11.5 Å². The van der Waals surface area contributed by atoms with Gasteiger partial charge in [-0.3, -0.25) is 9.20 Å². The zero-order valence-corrected chi connectivity index (χ0v) is 17.1. The topological polar surface area (TPSA) is 59.3 Å². The number of hydrogen-bond acceptors (Lipinski definition) is 6. The highest BCUT2D eigenvalue weighted by atomic mass is 16.5. The lowest BCUT2D eigenvalue weighted by Gasteiger charge is -2.23. The Bertz CT molecular complexity index is 1080. The maximum Gasteiger partial charge on any atom is 0.258 e. The van der Waals surface area contributed by atoms with E-state index in [2.05, 4.69) is 16.8 Å². The van der Waals surface area contributed by atoms with Gasteiger partial charge >= 0.3 is 0 Å². The maximum atomic E-state index is 12.8. The second-order valence-corrected chi connectivity index (χ2v) is 7.31. The van der Waals surface area contributed by atoms with Gasteiger partial charge in [-0.1, -0.05) is 0 Å². The van der Waals surface area contributed by atoms with Crippen molar-refractivity contribution >= 4 is 11.3 Å². The highest BCUT2D eigenvalue weighted by Crippen LogP contribution is 2.31. The van der Waals surface area contributed by atoms with Gasteiger partial charge in [0.25, 0.3) is 5.56 Å². The first-order chi connectivity index (χ1) is 14.1. The third-order valence-corrected chi connectivity index (χ3v) is 5.41. The summed E-state index contributed by atoms with van der Waals surface area (Å²) in [5.74, 6) is 1.25. The Morgan fingerprint density at radius 2 is 1.76 bits per heavy atom. The molecule has 0 saturated carbocycles. The Hall–Kier alpha value is -3.06. The van der Waals surface area contributed by atoms with Crippen molar-refractivity contribution in [1.29, 1.82) is 0 Å². The summed E-state index contributed by atoms with van der Waals surface area (Å²) in [4.78, 5) is 22.2. The van der Waals surface area contributed by atoms with Crippen LogP contribution < -0.4 is 19.9 Å². The van der Waals surface area contributed by atoms with E-state index in [-0.39, 0.29) is 5.56 Å². The normalized spacial score (nSPS) is 15.3. The predicted octanol–water partition coefficient (Wildman–Crippen LogP) is 2.52. The van der Waals surface area contributed by atoms with Crippen LogP contribution in [-0.4, -0.2) is 61.7 Å². The maximum absolute atomic E-state index is 12.8. The third kappa shape index (κ3) is 3.91. The highest BCUT2D eigenvalue weighted by Gasteiger charge is 2.14. The van der Waals surface area contributed by atoms with Gasteiger partial charge in [0.1, 0.15) is 5.65 Å². The van der Waals surface area contributed by atoms with Gasteiger partial charge in [-0.15, -0.1) is 0 Å². The van der Waals surface area contributed by atoms with E-state index in [1.54, 1.807) is 24.7 Å². The Labute approximate surface area is 170 Å². The zero-order valence-electron chi connectivity index (χ0n) is 17.1. The molecule has 152 valence electrons. The standard InChI is InChI=1S/C22H26N4O3/c1-24-9-4-10-25(12-11-24)17-6-8-21-23-18(14-22(27)26(21)15-17)16-5-7-19(28-2)20(13-16)29-3/h5-8,13-15H,4,9-12H2,1-3H3. The Kier molecular flexibility index (Phi) is 5.40. The molecule has 2 aromatic heterocycles. The molecule has 1 aromatic carbocycles. The van der Waals surface area contributed by atoms with Gasteiger partial charge in [-0.05, 0) is 50.3 Å². The number of likely N-dealkylation sites (N-methyl/N-ethyl adjacent to an activating group) is 1. The van der Waals surface area contributed by atoms with Crippen molar-refractivity contribution in [2.75, 3.05) is 52.3 Å². The van der Waals surface area contributed by atoms with Gasteiger partial charge in [0.05, 0.1) is 25.6 Å². The van der Waals surface area contributed by atoms with E-state index in [0.717, 1.165) is 43.9 Å². The third-order valence-electron chi connectivity index (χ3n) is 5.41. The molecule has 4 rings (SSSR count). The molecule has 0 unspecified atom stereocenters. The van der Waals surface area contributed by atoms with Gasteiger partial charge < -0.3 is 19.3 Å². The van der Waals surface area contributed by atoms with Crippen LogP contribution in [0.4, 0.5) is 5.69 Å². The summed E-state index contributed by atoms with van der Waals surface area (Å²) in [5.41, 5.74) is 2.99.